The number of carbonyl (C=O) groups is 1. The van der Waals surface area contributed by atoms with Crippen molar-refractivity contribution in [1.82, 2.24) is 5.32 Å². The number of aryl methyl sites for hydroxylation is 2. The summed E-state index contributed by atoms with van der Waals surface area (Å²) in [6.45, 7) is 8.68. The number of ether oxygens (including phenoxy) is 1. The van der Waals surface area contributed by atoms with E-state index in [1.54, 1.807) is 7.11 Å². The van der Waals surface area contributed by atoms with E-state index in [2.05, 4.69) is 47.5 Å². The molecule has 0 spiro atoms. The van der Waals surface area contributed by atoms with Crippen molar-refractivity contribution in [2.75, 3.05) is 25.1 Å². The minimum Gasteiger partial charge on any atom is -0.496 e. The maximum absolute atomic E-state index is 12.4. The van der Waals surface area contributed by atoms with Crippen LogP contribution in [0, 0.1) is 12.8 Å². The summed E-state index contributed by atoms with van der Waals surface area (Å²) >= 11 is 0. The summed E-state index contributed by atoms with van der Waals surface area (Å²) in [5.74, 6) is 1.80. The van der Waals surface area contributed by atoms with Crippen LogP contribution in [0.5, 0.6) is 5.75 Å². The minimum atomic E-state index is 0.00975. The zero-order valence-electron chi connectivity index (χ0n) is 18.2. The molecule has 0 unspecified atom stereocenters. The molecule has 4 nitrogen and oxygen atoms in total. The van der Waals surface area contributed by atoms with Gasteiger partial charge in [-0.1, -0.05) is 31.2 Å². The number of carbonyl (C=O) groups excluding carboxylic acids is 1. The Morgan fingerprint density at radius 2 is 1.86 bits per heavy atom. The highest BCUT2D eigenvalue weighted by Gasteiger charge is 2.16. The van der Waals surface area contributed by atoms with Gasteiger partial charge in [-0.15, -0.1) is 0 Å². The van der Waals surface area contributed by atoms with Crippen molar-refractivity contribution in [2.24, 2.45) is 5.92 Å². The van der Waals surface area contributed by atoms with Gasteiger partial charge in [-0.25, -0.2) is 0 Å². The largest absolute Gasteiger partial charge is 0.496 e. The normalized spacial score (nSPS) is 15.8. The highest BCUT2D eigenvalue weighted by molar-refractivity contribution is 5.76. The molecule has 0 aromatic heterocycles. The number of nitrogens with one attached hydrogen (secondary N) is 1. The van der Waals surface area contributed by atoms with Gasteiger partial charge in [-0.05, 0) is 73.9 Å². The highest BCUT2D eigenvalue weighted by Crippen LogP contribution is 2.25. The maximum atomic E-state index is 12.4. The first kappa shape index (κ1) is 21.2. The fourth-order valence-electron chi connectivity index (χ4n) is 3.99. The molecule has 1 heterocycles. The summed E-state index contributed by atoms with van der Waals surface area (Å²) in [6.07, 6.45) is 3.75. The van der Waals surface area contributed by atoms with Gasteiger partial charge in [0.05, 0.1) is 13.2 Å². The van der Waals surface area contributed by atoms with Crippen molar-refractivity contribution in [3.8, 4) is 5.75 Å². The summed E-state index contributed by atoms with van der Waals surface area (Å²) in [7, 11) is 1.68. The molecule has 4 heteroatoms. The van der Waals surface area contributed by atoms with Gasteiger partial charge in [-0.3, -0.25) is 4.79 Å². The van der Waals surface area contributed by atoms with Crippen LogP contribution in [0.2, 0.25) is 0 Å². The average molecular weight is 395 g/mol. The van der Waals surface area contributed by atoms with E-state index in [4.69, 9.17) is 4.74 Å². The van der Waals surface area contributed by atoms with E-state index in [-0.39, 0.29) is 11.9 Å². The molecule has 0 radical (unpaired) electrons. The monoisotopic (exact) mass is 394 g/mol. The molecule has 3 rings (SSSR count). The topological polar surface area (TPSA) is 41.6 Å². The summed E-state index contributed by atoms with van der Waals surface area (Å²) in [5.41, 5.74) is 4.69. The Bertz CT molecular complexity index is 808. The van der Waals surface area contributed by atoms with Crippen LogP contribution in [0.1, 0.15) is 55.8 Å². The quantitative estimate of drug-likeness (QED) is 0.714. The number of hydrogen-bond donors (Lipinski definition) is 1. The van der Waals surface area contributed by atoms with Gasteiger partial charge in [0.15, 0.2) is 0 Å². The lowest BCUT2D eigenvalue weighted by molar-refractivity contribution is -0.121. The molecule has 29 heavy (non-hydrogen) atoms. The number of hydrogen-bond acceptors (Lipinski definition) is 3. The van der Waals surface area contributed by atoms with Gasteiger partial charge in [0.25, 0.3) is 0 Å². The number of piperidine rings is 1. The Morgan fingerprint density at radius 1 is 1.17 bits per heavy atom. The fraction of sp³-hybridized carbons (Fsp3) is 0.480. The van der Waals surface area contributed by atoms with Crippen LogP contribution in [0.25, 0.3) is 0 Å². The van der Waals surface area contributed by atoms with Gasteiger partial charge < -0.3 is 15.0 Å². The number of rotatable bonds is 7. The van der Waals surface area contributed by atoms with Gasteiger partial charge >= 0.3 is 0 Å². The molecule has 1 atom stereocenters. The highest BCUT2D eigenvalue weighted by atomic mass is 16.5. The average Bonchev–Trinajstić information content (AvgIpc) is 2.73. The maximum Gasteiger partial charge on any atom is 0.220 e. The van der Waals surface area contributed by atoms with E-state index in [0.29, 0.717) is 6.42 Å². The van der Waals surface area contributed by atoms with Crippen LogP contribution in [-0.4, -0.2) is 26.1 Å². The van der Waals surface area contributed by atoms with Crippen LogP contribution in [0.4, 0.5) is 5.69 Å². The van der Waals surface area contributed by atoms with Crippen molar-refractivity contribution < 1.29 is 9.53 Å². The number of nitrogens with zero attached hydrogens (tertiary/aromatic N) is 1. The molecule has 0 aliphatic carbocycles. The molecule has 0 bridgehead atoms. The van der Waals surface area contributed by atoms with Crippen LogP contribution in [0.15, 0.2) is 42.5 Å². The zero-order chi connectivity index (χ0) is 20.8. The van der Waals surface area contributed by atoms with E-state index in [1.807, 2.05) is 26.0 Å². The number of anilines is 1. The standard InChI is InChI=1S/C25H34N2O2/c1-18-13-15-27(16-14-18)23-9-7-22(8-10-23)20(3)26-25(28)12-6-21-5-11-24(29-4)19(2)17-21/h5,7-11,17-18,20H,6,12-16H2,1-4H3,(H,26,28)/t20-/m0/s1. The molecule has 1 fully saturated rings. The summed E-state index contributed by atoms with van der Waals surface area (Å²) in [6, 6.07) is 14.8. The first-order valence-electron chi connectivity index (χ1n) is 10.7. The molecular formula is C25H34N2O2. The van der Waals surface area contributed by atoms with Gasteiger partial charge in [-0.2, -0.15) is 0 Å². The van der Waals surface area contributed by atoms with E-state index in [9.17, 15) is 4.79 Å². The molecule has 2 aromatic rings. The van der Waals surface area contributed by atoms with E-state index in [1.165, 1.54) is 18.5 Å². The Hall–Kier alpha value is -2.49. The lowest BCUT2D eigenvalue weighted by atomic mass is 9.98. The molecule has 0 saturated carbocycles. The van der Waals surface area contributed by atoms with Crippen LogP contribution < -0.4 is 15.0 Å². The van der Waals surface area contributed by atoms with E-state index >= 15 is 0 Å². The van der Waals surface area contributed by atoms with Crippen LogP contribution in [-0.2, 0) is 11.2 Å². The van der Waals surface area contributed by atoms with Crippen LogP contribution in [0.3, 0.4) is 0 Å². The first-order chi connectivity index (χ1) is 14.0. The fourth-order valence-corrected chi connectivity index (χ4v) is 3.99. The molecule has 1 aliphatic rings. The third kappa shape index (κ3) is 5.75. The summed E-state index contributed by atoms with van der Waals surface area (Å²) < 4.78 is 5.30. The molecular weight excluding hydrogens is 360 g/mol. The molecule has 156 valence electrons. The molecule has 2 aromatic carbocycles. The summed E-state index contributed by atoms with van der Waals surface area (Å²) in [4.78, 5) is 14.9. The Balaban J connectivity index is 1.49. The van der Waals surface area contributed by atoms with Crippen molar-refractivity contribution in [3.63, 3.8) is 0 Å². The van der Waals surface area contributed by atoms with Crippen LogP contribution >= 0.6 is 0 Å². The van der Waals surface area contributed by atoms with Crippen molar-refractivity contribution >= 4 is 11.6 Å². The number of benzene rings is 2. The zero-order valence-corrected chi connectivity index (χ0v) is 18.2. The molecule has 1 saturated heterocycles. The number of methoxy groups -OCH3 is 1. The van der Waals surface area contributed by atoms with Crippen molar-refractivity contribution in [1.29, 1.82) is 0 Å². The molecule has 1 aliphatic heterocycles. The van der Waals surface area contributed by atoms with Gasteiger partial charge in [0.2, 0.25) is 5.91 Å². The lowest BCUT2D eigenvalue weighted by Crippen LogP contribution is -2.32. The predicted octanol–water partition coefficient (Wildman–Crippen LogP) is 5.05. The second kappa shape index (κ2) is 9.82. The molecule has 1 amide bonds. The minimum absolute atomic E-state index is 0.00975. The van der Waals surface area contributed by atoms with E-state index in [0.717, 1.165) is 47.9 Å². The third-order valence-corrected chi connectivity index (χ3v) is 6.02. The Labute approximate surface area is 175 Å². The smallest absolute Gasteiger partial charge is 0.220 e. The van der Waals surface area contributed by atoms with Gasteiger partial charge in [0.1, 0.15) is 5.75 Å². The van der Waals surface area contributed by atoms with Gasteiger partial charge in [0, 0.05) is 25.2 Å². The Morgan fingerprint density at radius 3 is 2.48 bits per heavy atom. The lowest BCUT2D eigenvalue weighted by Gasteiger charge is -2.32. The summed E-state index contributed by atoms with van der Waals surface area (Å²) in [5, 5.41) is 3.13. The second-order valence-electron chi connectivity index (χ2n) is 8.35. The second-order valence-corrected chi connectivity index (χ2v) is 8.35. The van der Waals surface area contributed by atoms with E-state index < -0.39 is 0 Å². The third-order valence-electron chi connectivity index (χ3n) is 6.02. The Kier molecular flexibility index (Phi) is 7.18. The van der Waals surface area contributed by atoms with Crippen molar-refractivity contribution in [3.05, 3.63) is 59.2 Å². The van der Waals surface area contributed by atoms with Crippen molar-refractivity contribution in [2.45, 2.75) is 52.5 Å². The first-order valence-corrected chi connectivity index (χ1v) is 10.7. The SMILES string of the molecule is COc1ccc(CCC(=O)N[C@@H](C)c2ccc(N3CCC(C)CC3)cc2)cc1C. The molecule has 1 N–H and O–H groups in total. The number of amides is 1. The predicted molar refractivity (Wildman–Crippen MR) is 120 cm³/mol.